The number of nitrogen functional groups attached to an aromatic ring is 1. The van der Waals surface area contributed by atoms with E-state index in [0.29, 0.717) is 11.4 Å². The summed E-state index contributed by atoms with van der Waals surface area (Å²) < 4.78 is 5.01. The van der Waals surface area contributed by atoms with Crippen LogP contribution in [0.1, 0.15) is 12.5 Å². The summed E-state index contributed by atoms with van der Waals surface area (Å²) in [5.74, 6) is 0.681. The van der Waals surface area contributed by atoms with E-state index in [4.69, 9.17) is 21.3 Å². The van der Waals surface area contributed by atoms with E-state index in [9.17, 15) is 0 Å². The number of ether oxygens (including phenoxy) is 1. The van der Waals surface area contributed by atoms with Crippen molar-refractivity contribution in [2.24, 2.45) is 5.73 Å². The molecule has 0 heterocycles. The zero-order valence-corrected chi connectivity index (χ0v) is 8.45. The van der Waals surface area contributed by atoms with E-state index in [-0.39, 0.29) is 6.61 Å². The number of hydrogen-bond donors (Lipinski definition) is 3. The van der Waals surface area contributed by atoms with E-state index >= 15 is 0 Å². The molecule has 0 aliphatic heterocycles. The Bertz CT molecular complexity index is 324. The quantitative estimate of drug-likeness (QED) is 0.613. The van der Waals surface area contributed by atoms with Crippen molar-refractivity contribution in [3.63, 3.8) is 0 Å². The van der Waals surface area contributed by atoms with Gasteiger partial charge in [-0.2, -0.15) is 0 Å². The van der Waals surface area contributed by atoms with Gasteiger partial charge in [0.25, 0.3) is 0 Å². The van der Waals surface area contributed by atoms with E-state index in [1.165, 1.54) is 0 Å². The number of aliphatic hydroxyl groups excluding tert-OH is 1. The third-order valence-corrected chi connectivity index (χ3v) is 2.20. The summed E-state index contributed by atoms with van der Waals surface area (Å²) in [5.41, 5.74) is 12.1. The lowest BCUT2D eigenvalue weighted by Gasteiger charge is -2.24. The van der Waals surface area contributed by atoms with E-state index in [1.807, 2.05) is 0 Å². The summed E-state index contributed by atoms with van der Waals surface area (Å²) in [6.45, 7) is 1.58. The van der Waals surface area contributed by atoms with Crippen LogP contribution < -0.4 is 16.2 Å². The number of methoxy groups -OCH3 is 1. The predicted molar refractivity (Wildman–Crippen MR) is 56.0 cm³/mol. The van der Waals surface area contributed by atoms with Crippen molar-refractivity contribution in [1.29, 1.82) is 0 Å². The van der Waals surface area contributed by atoms with Crippen LogP contribution in [0.3, 0.4) is 0 Å². The van der Waals surface area contributed by atoms with Crippen molar-refractivity contribution >= 4 is 5.69 Å². The van der Waals surface area contributed by atoms with Crippen molar-refractivity contribution in [1.82, 2.24) is 0 Å². The second-order valence-corrected chi connectivity index (χ2v) is 3.53. The minimum atomic E-state index is -0.809. The monoisotopic (exact) mass is 196 g/mol. The Kier molecular flexibility index (Phi) is 2.98. The number of hydrogen-bond acceptors (Lipinski definition) is 4. The first-order chi connectivity index (χ1) is 6.51. The molecule has 0 aliphatic rings. The highest BCUT2D eigenvalue weighted by molar-refractivity contribution is 5.54. The largest absolute Gasteiger partial charge is 0.497 e. The van der Waals surface area contributed by atoms with Crippen LogP contribution in [-0.4, -0.2) is 18.8 Å². The van der Waals surface area contributed by atoms with Gasteiger partial charge in [-0.1, -0.05) is 6.07 Å². The third kappa shape index (κ3) is 1.97. The maximum atomic E-state index is 9.09. The smallest absolute Gasteiger partial charge is 0.120 e. The lowest BCUT2D eigenvalue weighted by Crippen LogP contribution is -2.37. The molecule has 1 aromatic carbocycles. The summed E-state index contributed by atoms with van der Waals surface area (Å²) in [4.78, 5) is 0. The van der Waals surface area contributed by atoms with Gasteiger partial charge in [0.1, 0.15) is 5.75 Å². The molecule has 0 spiro atoms. The highest BCUT2D eigenvalue weighted by Crippen LogP contribution is 2.27. The molecule has 5 N–H and O–H groups in total. The Morgan fingerprint density at radius 2 is 2.14 bits per heavy atom. The van der Waals surface area contributed by atoms with Crippen molar-refractivity contribution in [3.8, 4) is 5.75 Å². The number of rotatable bonds is 3. The molecule has 14 heavy (non-hydrogen) atoms. The van der Waals surface area contributed by atoms with Crippen LogP contribution in [0.2, 0.25) is 0 Å². The van der Waals surface area contributed by atoms with Gasteiger partial charge in [-0.15, -0.1) is 0 Å². The first kappa shape index (κ1) is 10.8. The number of nitrogens with two attached hydrogens (primary N) is 2. The molecule has 0 amide bonds. The summed E-state index contributed by atoms with van der Waals surface area (Å²) >= 11 is 0. The molecule has 0 aromatic heterocycles. The summed E-state index contributed by atoms with van der Waals surface area (Å²) in [6, 6.07) is 5.23. The van der Waals surface area contributed by atoms with Crippen molar-refractivity contribution < 1.29 is 9.84 Å². The molecule has 0 radical (unpaired) electrons. The van der Waals surface area contributed by atoms with E-state index in [2.05, 4.69) is 0 Å². The molecular weight excluding hydrogens is 180 g/mol. The fourth-order valence-corrected chi connectivity index (χ4v) is 1.27. The minimum absolute atomic E-state index is 0.149. The van der Waals surface area contributed by atoms with Crippen LogP contribution in [0.15, 0.2) is 18.2 Å². The summed E-state index contributed by atoms with van der Waals surface area (Å²) in [7, 11) is 1.57. The highest BCUT2D eigenvalue weighted by atomic mass is 16.5. The van der Waals surface area contributed by atoms with Crippen molar-refractivity contribution in [3.05, 3.63) is 23.8 Å². The maximum Gasteiger partial charge on any atom is 0.120 e. The Hall–Kier alpha value is -1.26. The molecule has 4 heteroatoms. The topological polar surface area (TPSA) is 81.5 Å². The molecule has 78 valence electrons. The molecule has 1 unspecified atom stereocenters. The first-order valence-corrected chi connectivity index (χ1v) is 4.35. The van der Waals surface area contributed by atoms with Gasteiger partial charge in [0, 0.05) is 11.8 Å². The molecule has 4 nitrogen and oxygen atoms in total. The third-order valence-electron chi connectivity index (χ3n) is 2.20. The average Bonchev–Trinajstić information content (AvgIpc) is 2.17. The van der Waals surface area contributed by atoms with E-state index in [0.717, 1.165) is 5.56 Å². The van der Waals surface area contributed by atoms with Crippen molar-refractivity contribution in [2.45, 2.75) is 12.5 Å². The Labute approximate surface area is 83.5 Å². The standard InChI is InChI=1S/C10H16N2O2/c1-10(12,6-13)8-4-3-7(14-2)5-9(8)11/h3-5,13H,6,11-12H2,1-2H3. The Morgan fingerprint density at radius 1 is 1.50 bits per heavy atom. The van der Waals surface area contributed by atoms with Crippen LogP contribution in [0.4, 0.5) is 5.69 Å². The highest BCUT2D eigenvalue weighted by Gasteiger charge is 2.22. The average molecular weight is 196 g/mol. The number of aliphatic hydroxyl groups is 1. The molecule has 1 rings (SSSR count). The van der Waals surface area contributed by atoms with Crippen LogP contribution in [0.25, 0.3) is 0 Å². The molecule has 0 fully saturated rings. The van der Waals surface area contributed by atoms with Gasteiger partial charge in [0.15, 0.2) is 0 Å². The zero-order valence-electron chi connectivity index (χ0n) is 8.45. The Balaban J connectivity index is 3.12. The van der Waals surface area contributed by atoms with Gasteiger partial charge in [0.05, 0.1) is 19.3 Å². The van der Waals surface area contributed by atoms with Gasteiger partial charge in [-0.3, -0.25) is 0 Å². The van der Waals surface area contributed by atoms with Gasteiger partial charge < -0.3 is 21.3 Å². The van der Waals surface area contributed by atoms with Gasteiger partial charge in [0.2, 0.25) is 0 Å². The molecule has 0 saturated heterocycles. The predicted octanol–water partition coefficient (Wildman–Crippen LogP) is 0.444. The second kappa shape index (κ2) is 3.86. The fraction of sp³-hybridized carbons (Fsp3) is 0.400. The number of anilines is 1. The van der Waals surface area contributed by atoms with E-state index < -0.39 is 5.54 Å². The molecule has 1 atom stereocenters. The van der Waals surface area contributed by atoms with Crippen LogP contribution >= 0.6 is 0 Å². The summed E-state index contributed by atoms with van der Waals surface area (Å²) in [5, 5.41) is 9.09. The Morgan fingerprint density at radius 3 is 2.57 bits per heavy atom. The van der Waals surface area contributed by atoms with Crippen LogP contribution in [-0.2, 0) is 5.54 Å². The minimum Gasteiger partial charge on any atom is -0.497 e. The van der Waals surface area contributed by atoms with Gasteiger partial charge in [-0.05, 0) is 18.6 Å². The van der Waals surface area contributed by atoms with E-state index in [1.54, 1.807) is 32.2 Å². The molecule has 0 bridgehead atoms. The SMILES string of the molecule is COc1ccc(C(C)(N)CO)c(N)c1. The molecule has 0 aliphatic carbocycles. The van der Waals surface area contributed by atoms with Gasteiger partial charge in [-0.25, -0.2) is 0 Å². The second-order valence-electron chi connectivity index (χ2n) is 3.53. The van der Waals surface area contributed by atoms with Crippen LogP contribution in [0.5, 0.6) is 5.75 Å². The first-order valence-electron chi connectivity index (χ1n) is 4.35. The normalized spacial score (nSPS) is 14.9. The number of benzene rings is 1. The maximum absolute atomic E-state index is 9.09. The lowest BCUT2D eigenvalue weighted by molar-refractivity contribution is 0.210. The fourth-order valence-electron chi connectivity index (χ4n) is 1.27. The molecule has 0 saturated carbocycles. The van der Waals surface area contributed by atoms with Crippen LogP contribution in [0, 0.1) is 0 Å². The van der Waals surface area contributed by atoms with Crippen molar-refractivity contribution in [2.75, 3.05) is 19.5 Å². The molecular formula is C10H16N2O2. The molecule has 1 aromatic rings. The zero-order chi connectivity index (χ0) is 10.8. The summed E-state index contributed by atoms with van der Waals surface area (Å²) in [6.07, 6.45) is 0. The van der Waals surface area contributed by atoms with Gasteiger partial charge >= 0.3 is 0 Å². The lowest BCUT2D eigenvalue weighted by atomic mass is 9.92.